The first kappa shape index (κ1) is 18.5. The number of ether oxygens (including phenoxy) is 3. The lowest BCUT2D eigenvalue weighted by atomic mass is 9.94. The first-order chi connectivity index (χ1) is 10.2. The molecule has 6 heteroatoms. The lowest BCUT2D eigenvalue weighted by molar-refractivity contribution is -0.145. The van der Waals surface area contributed by atoms with Gasteiger partial charge >= 0.3 is 12.1 Å². The van der Waals surface area contributed by atoms with Crippen molar-refractivity contribution in [3.05, 3.63) is 12.2 Å². The van der Waals surface area contributed by atoms with Gasteiger partial charge in [-0.2, -0.15) is 0 Å². The zero-order valence-corrected chi connectivity index (χ0v) is 14.5. The normalized spacial score (nSPS) is 25.5. The molecule has 126 valence electrons. The molecular weight excluding hydrogens is 286 g/mol. The summed E-state index contributed by atoms with van der Waals surface area (Å²) in [5.41, 5.74) is -0.764. The van der Waals surface area contributed by atoms with Crippen LogP contribution in [0.4, 0.5) is 4.79 Å². The molecule has 1 fully saturated rings. The second-order valence-electron chi connectivity index (χ2n) is 6.28. The molecule has 1 amide bonds. The molecule has 0 aromatic rings. The summed E-state index contributed by atoms with van der Waals surface area (Å²) in [6, 6.07) is -0.298. The van der Waals surface area contributed by atoms with Crippen molar-refractivity contribution in [1.82, 2.24) is 4.90 Å². The van der Waals surface area contributed by atoms with E-state index >= 15 is 0 Å². The van der Waals surface area contributed by atoms with Crippen LogP contribution >= 0.6 is 0 Å². The van der Waals surface area contributed by atoms with Gasteiger partial charge in [0.05, 0.1) is 32.3 Å². The summed E-state index contributed by atoms with van der Waals surface area (Å²) < 4.78 is 15.5. The number of nitrogens with zero attached hydrogens (tertiary/aromatic N) is 1. The second-order valence-corrected chi connectivity index (χ2v) is 6.28. The Morgan fingerprint density at radius 3 is 2.27 bits per heavy atom. The molecule has 1 aliphatic rings. The molecule has 1 rings (SSSR count). The van der Waals surface area contributed by atoms with E-state index in [0.717, 1.165) is 0 Å². The Kier molecular flexibility index (Phi) is 6.00. The molecule has 0 saturated carbocycles. The van der Waals surface area contributed by atoms with Gasteiger partial charge in [-0.1, -0.05) is 26.0 Å². The van der Waals surface area contributed by atoms with Crippen molar-refractivity contribution in [2.75, 3.05) is 14.2 Å². The molecule has 1 saturated heterocycles. The summed E-state index contributed by atoms with van der Waals surface area (Å²) in [6.45, 7) is 9.41. The molecule has 3 atom stereocenters. The van der Waals surface area contributed by atoms with E-state index in [0.29, 0.717) is 0 Å². The third-order valence-corrected chi connectivity index (χ3v) is 3.91. The molecule has 0 spiro atoms. The Morgan fingerprint density at radius 1 is 1.23 bits per heavy atom. The van der Waals surface area contributed by atoms with Crippen molar-refractivity contribution in [3.8, 4) is 0 Å². The monoisotopic (exact) mass is 313 g/mol. The Hall–Kier alpha value is -1.56. The number of methoxy groups -OCH3 is 2. The largest absolute Gasteiger partial charge is 0.469 e. The van der Waals surface area contributed by atoms with Crippen molar-refractivity contribution in [1.29, 1.82) is 0 Å². The minimum absolute atomic E-state index is 0.0981. The standard InChI is InChI=1S/C16H27NO5/c1-10(2)12(14(18)20-6)8-9-13-11(3)22-16(4,5)17(13)15(19)21-7/h8-13H,1-7H3/b9-8+/t11-,12-,13-/m1/s1. The lowest BCUT2D eigenvalue weighted by Crippen LogP contribution is -2.47. The van der Waals surface area contributed by atoms with Gasteiger partial charge in [-0.15, -0.1) is 0 Å². The highest BCUT2D eigenvalue weighted by molar-refractivity contribution is 5.74. The van der Waals surface area contributed by atoms with Gasteiger partial charge < -0.3 is 14.2 Å². The summed E-state index contributed by atoms with van der Waals surface area (Å²) in [4.78, 5) is 25.4. The number of hydrogen-bond donors (Lipinski definition) is 0. The van der Waals surface area contributed by atoms with E-state index in [1.54, 1.807) is 11.0 Å². The fourth-order valence-corrected chi connectivity index (χ4v) is 2.78. The zero-order valence-electron chi connectivity index (χ0n) is 14.5. The van der Waals surface area contributed by atoms with Crippen LogP contribution in [-0.4, -0.2) is 49.1 Å². The summed E-state index contributed by atoms with van der Waals surface area (Å²) >= 11 is 0. The van der Waals surface area contributed by atoms with E-state index < -0.39 is 11.8 Å². The maximum atomic E-state index is 12.1. The molecule has 1 heterocycles. The third kappa shape index (κ3) is 3.80. The zero-order chi connectivity index (χ0) is 17.1. The van der Waals surface area contributed by atoms with Crippen molar-refractivity contribution >= 4 is 12.1 Å². The van der Waals surface area contributed by atoms with Gasteiger partial charge in [0.1, 0.15) is 5.72 Å². The molecule has 6 nitrogen and oxygen atoms in total. The smallest absolute Gasteiger partial charge is 0.412 e. The summed E-state index contributed by atoms with van der Waals surface area (Å²) in [5.74, 6) is -0.553. The van der Waals surface area contributed by atoms with E-state index in [4.69, 9.17) is 14.2 Å². The first-order valence-electron chi connectivity index (χ1n) is 7.47. The molecular formula is C16H27NO5. The molecule has 0 bridgehead atoms. The number of carbonyl (C=O) groups excluding carboxylic acids is 2. The Morgan fingerprint density at radius 2 is 1.82 bits per heavy atom. The van der Waals surface area contributed by atoms with Gasteiger partial charge in [-0.05, 0) is 26.7 Å². The van der Waals surface area contributed by atoms with Crippen molar-refractivity contribution in [3.63, 3.8) is 0 Å². The van der Waals surface area contributed by atoms with Gasteiger partial charge in [0.15, 0.2) is 0 Å². The van der Waals surface area contributed by atoms with Crippen LogP contribution in [0.2, 0.25) is 0 Å². The number of esters is 1. The van der Waals surface area contributed by atoms with Crippen LogP contribution in [0.3, 0.4) is 0 Å². The Balaban J connectivity index is 3.04. The number of amides is 1. The highest BCUT2D eigenvalue weighted by Crippen LogP contribution is 2.33. The summed E-state index contributed by atoms with van der Waals surface area (Å²) in [7, 11) is 2.71. The van der Waals surface area contributed by atoms with Gasteiger partial charge in [0.25, 0.3) is 0 Å². The predicted molar refractivity (Wildman–Crippen MR) is 82.1 cm³/mol. The lowest BCUT2D eigenvalue weighted by Gasteiger charge is -2.31. The predicted octanol–water partition coefficient (Wildman–Crippen LogP) is 2.58. The summed E-state index contributed by atoms with van der Waals surface area (Å²) in [5, 5.41) is 0. The van der Waals surface area contributed by atoms with E-state index in [1.807, 2.05) is 40.7 Å². The minimum atomic E-state index is -0.764. The van der Waals surface area contributed by atoms with Crippen LogP contribution in [0.5, 0.6) is 0 Å². The van der Waals surface area contributed by atoms with E-state index in [-0.39, 0.29) is 30.0 Å². The SMILES string of the molecule is COC(=O)[C@H](/C=C/[C@@H]1[C@@H](C)OC(C)(C)N1C(=O)OC)C(C)C. The van der Waals surface area contributed by atoms with Gasteiger partial charge in [0.2, 0.25) is 0 Å². The topological polar surface area (TPSA) is 65.1 Å². The fourth-order valence-electron chi connectivity index (χ4n) is 2.78. The van der Waals surface area contributed by atoms with Crippen LogP contribution in [-0.2, 0) is 19.0 Å². The van der Waals surface area contributed by atoms with Crippen LogP contribution < -0.4 is 0 Å². The minimum Gasteiger partial charge on any atom is -0.469 e. The molecule has 0 radical (unpaired) electrons. The molecule has 1 aliphatic heterocycles. The Bertz CT molecular complexity index is 444. The third-order valence-electron chi connectivity index (χ3n) is 3.91. The Labute approximate surface area is 132 Å². The van der Waals surface area contributed by atoms with Crippen LogP contribution in [0.25, 0.3) is 0 Å². The quantitative estimate of drug-likeness (QED) is 0.589. The van der Waals surface area contributed by atoms with E-state index in [2.05, 4.69) is 0 Å². The van der Waals surface area contributed by atoms with Gasteiger partial charge in [0, 0.05) is 0 Å². The molecule has 0 unspecified atom stereocenters. The molecule has 0 aromatic heterocycles. The number of carbonyl (C=O) groups is 2. The maximum absolute atomic E-state index is 12.1. The summed E-state index contributed by atoms with van der Waals surface area (Å²) in [6.07, 6.45) is 2.97. The van der Waals surface area contributed by atoms with Crippen molar-refractivity contribution < 1.29 is 23.8 Å². The second kappa shape index (κ2) is 7.13. The molecule has 0 aliphatic carbocycles. The van der Waals surface area contributed by atoms with Crippen LogP contribution in [0.15, 0.2) is 12.2 Å². The van der Waals surface area contributed by atoms with E-state index in [9.17, 15) is 9.59 Å². The number of rotatable bonds is 4. The fraction of sp³-hybridized carbons (Fsp3) is 0.750. The first-order valence-corrected chi connectivity index (χ1v) is 7.47. The van der Waals surface area contributed by atoms with Crippen LogP contribution in [0, 0.1) is 11.8 Å². The maximum Gasteiger partial charge on any atom is 0.412 e. The molecule has 0 N–H and O–H groups in total. The van der Waals surface area contributed by atoms with Gasteiger partial charge in [-0.25, -0.2) is 4.79 Å². The van der Waals surface area contributed by atoms with E-state index in [1.165, 1.54) is 14.2 Å². The highest BCUT2D eigenvalue weighted by Gasteiger charge is 2.47. The molecule has 0 aromatic carbocycles. The van der Waals surface area contributed by atoms with Crippen molar-refractivity contribution in [2.45, 2.75) is 52.5 Å². The average Bonchev–Trinajstić information content (AvgIpc) is 2.66. The van der Waals surface area contributed by atoms with Crippen molar-refractivity contribution in [2.24, 2.45) is 11.8 Å². The van der Waals surface area contributed by atoms with Crippen LogP contribution in [0.1, 0.15) is 34.6 Å². The average molecular weight is 313 g/mol. The van der Waals surface area contributed by atoms with Gasteiger partial charge in [-0.3, -0.25) is 9.69 Å². The highest BCUT2D eigenvalue weighted by atomic mass is 16.6. The molecule has 22 heavy (non-hydrogen) atoms. The number of hydrogen-bond acceptors (Lipinski definition) is 5.